The summed E-state index contributed by atoms with van der Waals surface area (Å²) in [6.07, 6.45) is 3.26. The first-order valence-electron chi connectivity index (χ1n) is 8.46. The van der Waals surface area contributed by atoms with Gasteiger partial charge in [-0.2, -0.15) is 0 Å². The van der Waals surface area contributed by atoms with E-state index in [-0.39, 0.29) is 12.5 Å². The molecule has 1 amide bonds. The first-order chi connectivity index (χ1) is 11.6. The average Bonchev–Trinajstić information content (AvgIpc) is 3.12. The van der Waals surface area contributed by atoms with E-state index in [4.69, 9.17) is 4.74 Å². The molecular weight excluding hydrogens is 304 g/mol. The smallest absolute Gasteiger partial charge is 0.243 e. The second-order valence-corrected chi connectivity index (χ2v) is 6.15. The van der Waals surface area contributed by atoms with Crippen molar-refractivity contribution >= 4 is 11.9 Å². The summed E-state index contributed by atoms with van der Waals surface area (Å²) in [6, 6.07) is 8.09. The van der Waals surface area contributed by atoms with Crippen LogP contribution >= 0.6 is 0 Å². The van der Waals surface area contributed by atoms with Crippen LogP contribution in [0.25, 0.3) is 0 Å². The summed E-state index contributed by atoms with van der Waals surface area (Å²) in [5.41, 5.74) is 1.24. The van der Waals surface area contributed by atoms with Gasteiger partial charge < -0.3 is 19.9 Å². The number of guanidine groups is 1. The number of ether oxygens (including phenoxy) is 1. The normalized spacial score (nSPS) is 14.6. The van der Waals surface area contributed by atoms with Crippen molar-refractivity contribution in [2.45, 2.75) is 19.3 Å². The first-order valence-corrected chi connectivity index (χ1v) is 8.46. The summed E-state index contributed by atoms with van der Waals surface area (Å²) in [5.74, 6) is 1.73. The molecular formula is C18H28N4O2. The first kappa shape index (κ1) is 18.1. The van der Waals surface area contributed by atoms with Crippen molar-refractivity contribution in [1.82, 2.24) is 15.1 Å². The summed E-state index contributed by atoms with van der Waals surface area (Å²) in [7, 11) is 5.18. The van der Waals surface area contributed by atoms with Crippen molar-refractivity contribution in [3.05, 3.63) is 29.8 Å². The number of aliphatic imine (C=N–C) groups is 1. The molecule has 0 aromatic heterocycles. The number of carbonyl (C=O) groups excluding carboxylic acids is 1. The number of rotatable bonds is 6. The standard InChI is InChI=1S/C18H28N4O2/c1-21(2)17(23)14-20-18(22-12-4-5-13-22)19-11-10-15-6-8-16(24-3)9-7-15/h6-9H,4-5,10-14H2,1-3H3,(H,19,20). The largest absolute Gasteiger partial charge is 0.497 e. The fourth-order valence-electron chi connectivity index (χ4n) is 2.59. The molecule has 0 aliphatic carbocycles. The maximum atomic E-state index is 11.8. The van der Waals surface area contributed by atoms with Crippen molar-refractivity contribution in [3.63, 3.8) is 0 Å². The lowest BCUT2D eigenvalue weighted by Gasteiger charge is -2.21. The third-order valence-electron chi connectivity index (χ3n) is 4.12. The highest BCUT2D eigenvalue weighted by Gasteiger charge is 2.16. The molecule has 1 saturated heterocycles. The number of hydrogen-bond acceptors (Lipinski definition) is 3. The van der Waals surface area contributed by atoms with E-state index in [0.29, 0.717) is 0 Å². The van der Waals surface area contributed by atoms with Crippen LogP contribution < -0.4 is 10.1 Å². The van der Waals surface area contributed by atoms with Gasteiger partial charge in [-0.25, -0.2) is 4.99 Å². The quantitative estimate of drug-likeness (QED) is 0.631. The summed E-state index contributed by atoms with van der Waals surface area (Å²) < 4.78 is 5.18. The van der Waals surface area contributed by atoms with Crippen LogP contribution in [0, 0.1) is 0 Å². The van der Waals surface area contributed by atoms with Crippen LogP contribution in [0.5, 0.6) is 5.75 Å². The van der Waals surface area contributed by atoms with Gasteiger partial charge in [0.2, 0.25) is 5.91 Å². The Bertz CT molecular complexity index is 549. The van der Waals surface area contributed by atoms with Crippen LogP contribution in [-0.4, -0.2) is 69.1 Å². The molecule has 0 saturated carbocycles. The van der Waals surface area contributed by atoms with Crippen molar-refractivity contribution in [3.8, 4) is 5.75 Å². The molecule has 0 unspecified atom stereocenters. The Balaban J connectivity index is 1.89. The number of nitrogens with one attached hydrogen (secondary N) is 1. The van der Waals surface area contributed by atoms with E-state index in [1.807, 2.05) is 12.1 Å². The molecule has 1 heterocycles. The minimum Gasteiger partial charge on any atom is -0.497 e. The van der Waals surface area contributed by atoms with E-state index in [9.17, 15) is 4.79 Å². The highest BCUT2D eigenvalue weighted by Crippen LogP contribution is 2.11. The van der Waals surface area contributed by atoms with Crippen molar-refractivity contribution in [2.75, 3.05) is 47.4 Å². The SMILES string of the molecule is COc1ccc(CCNC(=NCC(=O)N(C)C)N2CCCC2)cc1. The van der Waals surface area contributed by atoms with E-state index >= 15 is 0 Å². The molecule has 6 nitrogen and oxygen atoms in total. The molecule has 0 radical (unpaired) electrons. The van der Waals surface area contributed by atoms with Crippen molar-refractivity contribution in [1.29, 1.82) is 0 Å². The number of benzene rings is 1. The maximum absolute atomic E-state index is 11.8. The summed E-state index contributed by atoms with van der Waals surface area (Å²) in [6.45, 7) is 2.99. The maximum Gasteiger partial charge on any atom is 0.243 e. The number of carbonyl (C=O) groups is 1. The highest BCUT2D eigenvalue weighted by atomic mass is 16.5. The van der Waals surface area contributed by atoms with Crippen LogP contribution in [0.4, 0.5) is 0 Å². The zero-order valence-corrected chi connectivity index (χ0v) is 14.9. The molecule has 1 N–H and O–H groups in total. The minimum atomic E-state index is 0.0173. The van der Waals surface area contributed by atoms with Gasteiger partial charge >= 0.3 is 0 Å². The number of likely N-dealkylation sites (N-methyl/N-ethyl adjacent to an activating group) is 1. The lowest BCUT2D eigenvalue weighted by molar-refractivity contribution is -0.127. The van der Waals surface area contributed by atoms with Gasteiger partial charge in [0.05, 0.1) is 7.11 Å². The molecule has 0 atom stereocenters. The van der Waals surface area contributed by atoms with Crippen molar-refractivity contribution < 1.29 is 9.53 Å². The number of amides is 1. The lowest BCUT2D eigenvalue weighted by atomic mass is 10.1. The predicted molar refractivity (Wildman–Crippen MR) is 96.5 cm³/mol. The van der Waals surface area contributed by atoms with Crippen LogP contribution in [0.1, 0.15) is 18.4 Å². The Morgan fingerprint density at radius 1 is 1.25 bits per heavy atom. The Kier molecular flexibility index (Phi) is 6.90. The zero-order valence-electron chi connectivity index (χ0n) is 14.9. The van der Waals surface area contributed by atoms with E-state index in [1.54, 1.807) is 26.1 Å². The van der Waals surface area contributed by atoms with Gasteiger partial charge in [-0.3, -0.25) is 4.79 Å². The fourth-order valence-corrected chi connectivity index (χ4v) is 2.59. The Morgan fingerprint density at radius 2 is 1.92 bits per heavy atom. The molecule has 6 heteroatoms. The van der Waals surface area contributed by atoms with Crippen LogP contribution in [-0.2, 0) is 11.2 Å². The fraction of sp³-hybridized carbons (Fsp3) is 0.556. The number of hydrogen-bond donors (Lipinski definition) is 1. The van der Waals surface area contributed by atoms with Crippen LogP contribution in [0.2, 0.25) is 0 Å². The van der Waals surface area contributed by atoms with Gasteiger partial charge in [-0.1, -0.05) is 12.1 Å². The van der Waals surface area contributed by atoms with E-state index in [2.05, 4.69) is 27.3 Å². The van der Waals surface area contributed by atoms with Crippen LogP contribution in [0.3, 0.4) is 0 Å². The number of likely N-dealkylation sites (tertiary alicyclic amines) is 1. The molecule has 2 rings (SSSR count). The second-order valence-electron chi connectivity index (χ2n) is 6.15. The summed E-state index contributed by atoms with van der Waals surface area (Å²) in [5, 5.41) is 3.41. The van der Waals surface area contributed by atoms with E-state index in [1.165, 1.54) is 18.4 Å². The highest BCUT2D eigenvalue weighted by molar-refractivity contribution is 5.85. The van der Waals surface area contributed by atoms with Gasteiger partial charge in [0.1, 0.15) is 12.3 Å². The Hall–Kier alpha value is -2.24. The lowest BCUT2D eigenvalue weighted by Crippen LogP contribution is -2.41. The number of methoxy groups -OCH3 is 1. The molecule has 1 aromatic carbocycles. The van der Waals surface area contributed by atoms with Gasteiger partial charge in [0, 0.05) is 33.7 Å². The molecule has 24 heavy (non-hydrogen) atoms. The van der Waals surface area contributed by atoms with E-state index in [0.717, 1.165) is 37.8 Å². The van der Waals surface area contributed by atoms with Gasteiger partial charge in [-0.05, 0) is 37.0 Å². The molecule has 1 aliphatic heterocycles. The molecule has 1 aliphatic rings. The van der Waals surface area contributed by atoms with E-state index < -0.39 is 0 Å². The molecule has 1 aromatic rings. The molecule has 1 fully saturated rings. The van der Waals surface area contributed by atoms with Gasteiger partial charge in [-0.15, -0.1) is 0 Å². The second kappa shape index (κ2) is 9.15. The molecule has 0 spiro atoms. The Morgan fingerprint density at radius 3 is 2.50 bits per heavy atom. The molecule has 132 valence electrons. The summed E-state index contributed by atoms with van der Waals surface area (Å²) in [4.78, 5) is 20.1. The van der Waals surface area contributed by atoms with Crippen molar-refractivity contribution in [2.24, 2.45) is 4.99 Å². The van der Waals surface area contributed by atoms with Crippen LogP contribution in [0.15, 0.2) is 29.3 Å². The average molecular weight is 332 g/mol. The third-order valence-corrected chi connectivity index (χ3v) is 4.12. The number of nitrogens with zero attached hydrogens (tertiary/aromatic N) is 3. The monoisotopic (exact) mass is 332 g/mol. The van der Waals surface area contributed by atoms with Gasteiger partial charge in [0.15, 0.2) is 5.96 Å². The zero-order chi connectivity index (χ0) is 17.4. The summed E-state index contributed by atoms with van der Waals surface area (Å²) >= 11 is 0. The predicted octanol–water partition coefficient (Wildman–Crippen LogP) is 1.37. The molecule has 0 bridgehead atoms. The topological polar surface area (TPSA) is 57.2 Å². The van der Waals surface area contributed by atoms with Gasteiger partial charge in [0.25, 0.3) is 0 Å². The Labute approximate surface area is 144 Å². The minimum absolute atomic E-state index is 0.0173. The third kappa shape index (κ3) is 5.44.